The molecule has 0 saturated heterocycles. The summed E-state index contributed by atoms with van der Waals surface area (Å²) in [6, 6.07) is 17.1. The molecule has 0 radical (unpaired) electrons. The molecule has 5 rings (SSSR count). The number of Topliss-reactive ketones (excluding diaryl/α,β-unsaturated/α-hetero) is 1. The summed E-state index contributed by atoms with van der Waals surface area (Å²) in [5.74, 6) is -0.718. The summed E-state index contributed by atoms with van der Waals surface area (Å²) >= 11 is 0. The molecule has 3 heterocycles. The third-order valence-electron chi connectivity index (χ3n) is 6.63. The summed E-state index contributed by atoms with van der Waals surface area (Å²) in [6.07, 6.45) is 1.54. The van der Waals surface area contributed by atoms with E-state index in [9.17, 15) is 18.8 Å². The van der Waals surface area contributed by atoms with Crippen molar-refractivity contribution in [1.82, 2.24) is 23.3 Å². The van der Waals surface area contributed by atoms with Gasteiger partial charge in [-0.15, -0.1) is 0 Å². The second kappa shape index (κ2) is 9.50. The van der Waals surface area contributed by atoms with Crippen molar-refractivity contribution in [3.63, 3.8) is 0 Å². The van der Waals surface area contributed by atoms with E-state index in [-0.39, 0.29) is 23.7 Å². The highest BCUT2D eigenvalue weighted by Crippen LogP contribution is 2.22. The monoisotopic (exact) mass is 499 g/mol. The van der Waals surface area contributed by atoms with E-state index in [2.05, 4.69) is 4.98 Å². The zero-order valence-corrected chi connectivity index (χ0v) is 20.8. The minimum atomic E-state index is -0.594. The van der Waals surface area contributed by atoms with Crippen LogP contribution in [0.25, 0.3) is 16.9 Å². The molecule has 0 aliphatic rings. The molecule has 9 heteroatoms. The largest absolute Gasteiger partial charge is 0.333 e. The van der Waals surface area contributed by atoms with E-state index in [1.54, 1.807) is 29.7 Å². The topological polar surface area (TPSA) is 83.8 Å². The molecule has 0 saturated carbocycles. The Bertz CT molecular complexity index is 1740. The van der Waals surface area contributed by atoms with E-state index in [0.717, 1.165) is 15.8 Å². The van der Waals surface area contributed by atoms with Crippen molar-refractivity contribution in [2.24, 2.45) is 0 Å². The van der Waals surface area contributed by atoms with Gasteiger partial charge in [-0.1, -0.05) is 30.3 Å². The number of rotatable bonds is 7. The Morgan fingerprint density at radius 1 is 0.973 bits per heavy atom. The average molecular weight is 500 g/mol. The third kappa shape index (κ3) is 4.22. The fourth-order valence-corrected chi connectivity index (χ4v) is 4.79. The number of carbonyl (C=O) groups is 1. The highest BCUT2D eigenvalue weighted by atomic mass is 19.1. The number of halogens is 1. The Kier molecular flexibility index (Phi) is 6.20. The SMILES string of the molecule is CCn1cnc2c1c(=O)n(CC(=O)c1cc(C)n(-c3ccc(F)cc3)c1C)c(=O)n2Cc1ccccc1. The van der Waals surface area contributed by atoms with E-state index in [4.69, 9.17) is 0 Å². The van der Waals surface area contributed by atoms with Crippen LogP contribution >= 0.6 is 0 Å². The number of nitrogens with zero attached hydrogens (tertiary/aromatic N) is 5. The van der Waals surface area contributed by atoms with Crippen molar-refractivity contribution >= 4 is 16.9 Å². The zero-order chi connectivity index (χ0) is 26.3. The molecule has 0 spiro atoms. The van der Waals surface area contributed by atoms with Gasteiger partial charge in [-0.3, -0.25) is 18.7 Å². The lowest BCUT2D eigenvalue weighted by Crippen LogP contribution is -2.42. The first-order chi connectivity index (χ1) is 17.8. The number of hydrogen-bond acceptors (Lipinski definition) is 4. The van der Waals surface area contributed by atoms with Crippen molar-refractivity contribution in [2.75, 3.05) is 0 Å². The van der Waals surface area contributed by atoms with Crippen LogP contribution in [-0.2, 0) is 19.6 Å². The van der Waals surface area contributed by atoms with Gasteiger partial charge in [0.15, 0.2) is 16.9 Å². The van der Waals surface area contributed by atoms with Gasteiger partial charge in [-0.2, -0.15) is 0 Å². The van der Waals surface area contributed by atoms with Gasteiger partial charge in [-0.25, -0.2) is 14.2 Å². The van der Waals surface area contributed by atoms with Gasteiger partial charge >= 0.3 is 5.69 Å². The molecule has 0 unspecified atom stereocenters. The quantitative estimate of drug-likeness (QED) is 0.319. The molecule has 0 aliphatic carbocycles. The van der Waals surface area contributed by atoms with Gasteiger partial charge in [0.1, 0.15) is 5.82 Å². The van der Waals surface area contributed by atoms with Crippen LogP contribution in [0, 0.1) is 19.7 Å². The van der Waals surface area contributed by atoms with Crippen LogP contribution in [0.5, 0.6) is 0 Å². The lowest BCUT2D eigenvalue weighted by molar-refractivity contribution is 0.0968. The molecule has 37 heavy (non-hydrogen) atoms. The second-order valence-electron chi connectivity index (χ2n) is 8.97. The van der Waals surface area contributed by atoms with Gasteiger partial charge in [-0.05, 0) is 56.7 Å². The van der Waals surface area contributed by atoms with Gasteiger partial charge in [0.25, 0.3) is 5.56 Å². The van der Waals surface area contributed by atoms with Gasteiger partial charge in [0.05, 0.1) is 19.4 Å². The van der Waals surface area contributed by atoms with Crippen molar-refractivity contribution in [3.8, 4) is 5.69 Å². The smallest absolute Gasteiger partial charge is 0.325 e. The number of aromatic nitrogens is 5. The molecule has 188 valence electrons. The third-order valence-corrected chi connectivity index (χ3v) is 6.63. The Balaban J connectivity index is 1.60. The lowest BCUT2D eigenvalue weighted by atomic mass is 10.1. The van der Waals surface area contributed by atoms with E-state index in [0.29, 0.717) is 29.1 Å². The molecule has 0 N–H and O–H groups in total. The van der Waals surface area contributed by atoms with Crippen LogP contribution in [0.15, 0.2) is 76.6 Å². The van der Waals surface area contributed by atoms with Crippen LogP contribution < -0.4 is 11.2 Å². The molecule has 0 amide bonds. The predicted octanol–water partition coefficient (Wildman–Crippen LogP) is 3.86. The molecule has 0 aliphatic heterocycles. The molecule has 8 nitrogen and oxygen atoms in total. The maximum absolute atomic E-state index is 13.6. The lowest BCUT2D eigenvalue weighted by Gasteiger charge is -2.13. The standard InChI is InChI=1S/C28H26FN5O3/c1-4-31-17-30-26-25(31)27(36)33(28(37)32(26)15-20-8-6-5-7-9-20)16-24(35)23-14-18(2)34(19(23)3)22-12-10-21(29)11-13-22/h5-14,17H,4,15-16H2,1-3H3. The van der Waals surface area contributed by atoms with Gasteiger partial charge < -0.3 is 9.13 Å². The minimum Gasteiger partial charge on any atom is -0.325 e. The summed E-state index contributed by atoms with van der Waals surface area (Å²) < 4.78 is 19.4. The van der Waals surface area contributed by atoms with Crippen LogP contribution in [0.3, 0.4) is 0 Å². The van der Waals surface area contributed by atoms with Crippen molar-refractivity contribution in [2.45, 2.75) is 40.4 Å². The Morgan fingerprint density at radius 2 is 1.68 bits per heavy atom. The number of benzene rings is 2. The van der Waals surface area contributed by atoms with E-state index in [1.807, 2.05) is 48.7 Å². The number of hydrogen-bond donors (Lipinski definition) is 0. The summed E-state index contributed by atoms with van der Waals surface area (Å²) in [5, 5.41) is 0. The first-order valence-corrected chi connectivity index (χ1v) is 12.0. The van der Waals surface area contributed by atoms with Crippen molar-refractivity contribution in [1.29, 1.82) is 0 Å². The number of aryl methyl sites for hydroxylation is 2. The fourth-order valence-electron chi connectivity index (χ4n) is 4.79. The Hall–Kier alpha value is -4.53. The fraction of sp³-hybridized carbons (Fsp3) is 0.214. The van der Waals surface area contributed by atoms with Crippen LogP contribution in [0.1, 0.15) is 34.2 Å². The molecule has 0 atom stereocenters. The first-order valence-electron chi connectivity index (χ1n) is 12.0. The van der Waals surface area contributed by atoms with Gasteiger partial charge in [0.2, 0.25) is 0 Å². The summed E-state index contributed by atoms with van der Waals surface area (Å²) in [7, 11) is 0. The highest BCUT2D eigenvalue weighted by Gasteiger charge is 2.22. The molecule has 3 aromatic heterocycles. The average Bonchev–Trinajstić information content (AvgIpc) is 3.46. The first kappa shape index (κ1) is 24.2. The Morgan fingerprint density at radius 3 is 2.35 bits per heavy atom. The summed E-state index contributed by atoms with van der Waals surface area (Å²) in [4.78, 5) is 44.9. The normalized spacial score (nSPS) is 11.4. The van der Waals surface area contributed by atoms with Crippen molar-refractivity contribution < 1.29 is 9.18 Å². The number of fused-ring (bicyclic) bond motifs is 1. The number of imidazole rings is 1. The van der Waals surface area contributed by atoms with Gasteiger partial charge in [0, 0.05) is 29.2 Å². The molecule has 2 aromatic carbocycles. The second-order valence-corrected chi connectivity index (χ2v) is 8.97. The molecular formula is C28H26FN5O3. The summed E-state index contributed by atoms with van der Waals surface area (Å²) in [6.45, 7) is 5.80. The van der Waals surface area contributed by atoms with Crippen LogP contribution in [-0.4, -0.2) is 29.0 Å². The number of carbonyl (C=O) groups excluding carboxylic acids is 1. The predicted molar refractivity (Wildman–Crippen MR) is 139 cm³/mol. The highest BCUT2D eigenvalue weighted by molar-refractivity contribution is 5.97. The number of ketones is 1. The van der Waals surface area contributed by atoms with E-state index < -0.39 is 17.8 Å². The van der Waals surface area contributed by atoms with E-state index >= 15 is 0 Å². The molecule has 0 bridgehead atoms. The molecule has 0 fully saturated rings. The molecule has 5 aromatic rings. The summed E-state index contributed by atoms with van der Waals surface area (Å²) in [5.41, 5.74) is 2.83. The van der Waals surface area contributed by atoms with E-state index in [1.165, 1.54) is 23.0 Å². The maximum atomic E-state index is 13.6. The maximum Gasteiger partial charge on any atom is 0.333 e. The van der Waals surface area contributed by atoms with Crippen LogP contribution in [0.4, 0.5) is 4.39 Å². The van der Waals surface area contributed by atoms with Crippen molar-refractivity contribution in [3.05, 3.63) is 116 Å². The van der Waals surface area contributed by atoms with Crippen LogP contribution in [0.2, 0.25) is 0 Å². The minimum absolute atomic E-state index is 0.213. The Labute approximate surface area is 211 Å². The molecular weight excluding hydrogens is 473 g/mol. The zero-order valence-electron chi connectivity index (χ0n) is 20.8.